The van der Waals surface area contributed by atoms with Gasteiger partial charge in [-0.3, -0.25) is 15.6 Å². The van der Waals surface area contributed by atoms with Crippen molar-refractivity contribution in [2.45, 2.75) is 38.6 Å². The fourth-order valence-corrected chi connectivity index (χ4v) is 4.26. The number of carbonyl (C=O) groups is 1. The summed E-state index contributed by atoms with van der Waals surface area (Å²) in [7, 11) is 0. The lowest BCUT2D eigenvalue weighted by Gasteiger charge is -2.24. The van der Waals surface area contributed by atoms with E-state index in [1.165, 1.54) is 25.7 Å². The predicted octanol–water partition coefficient (Wildman–Crippen LogP) is 2.35. The van der Waals surface area contributed by atoms with Crippen LogP contribution in [0.2, 0.25) is 0 Å². The lowest BCUT2D eigenvalue weighted by molar-refractivity contribution is 0.0944. The highest BCUT2D eigenvalue weighted by atomic mass is 32.1. The van der Waals surface area contributed by atoms with Crippen molar-refractivity contribution in [1.82, 2.24) is 16.2 Å². The second-order valence-corrected chi connectivity index (χ2v) is 7.30. The summed E-state index contributed by atoms with van der Waals surface area (Å²) in [6.45, 7) is 1.98. The van der Waals surface area contributed by atoms with E-state index in [1.807, 2.05) is 18.4 Å². The van der Waals surface area contributed by atoms with Gasteiger partial charge in [0.1, 0.15) is 0 Å². The van der Waals surface area contributed by atoms with Crippen LogP contribution in [0.5, 0.6) is 0 Å². The summed E-state index contributed by atoms with van der Waals surface area (Å²) in [5, 5.41) is 5.69. The van der Waals surface area contributed by atoms with E-state index in [0.29, 0.717) is 16.7 Å². The Morgan fingerprint density at radius 2 is 2.20 bits per heavy atom. The van der Waals surface area contributed by atoms with E-state index in [4.69, 9.17) is 12.2 Å². The third-order valence-electron chi connectivity index (χ3n) is 4.34. The van der Waals surface area contributed by atoms with Crippen molar-refractivity contribution in [2.24, 2.45) is 11.8 Å². The van der Waals surface area contributed by atoms with Crippen LogP contribution in [0.4, 0.5) is 0 Å². The van der Waals surface area contributed by atoms with Crippen LogP contribution in [0.1, 0.15) is 40.9 Å². The van der Waals surface area contributed by atoms with Crippen LogP contribution in [0.3, 0.4) is 0 Å². The highest BCUT2D eigenvalue weighted by Crippen LogP contribution is 2.44. The molecule has 0 radical (unpaired) electrons. The number of amides is 1. The molecule has 2 saturated carbocycles. The molecule has 0 aliphatic heterocycles. The molecule has 1 heterocycles. The van der Waals surface area contributed by atoms with Gasteiger partial charge in [0, 0.05) is 16.3 Å². The van der Waals surface area contributed by atoms with Crippen LogP contribution < -0.4 is 16.2 Å². The second kappa shape index (κ2) is 5.69. The molecule has 2 bridgehead atoms. The third kappa shape index (κ3) is 2.96. The number of nitrogens with one attached hydrogen (secondary N) is 3. The van der Waals surface area contributed by atoms with E-state index >= 15 is 0 Å². The van der Waals surface area contributed by atoms with Crippen molar-refractivity contribution >= 4 is 34.6 Å². The highest BCUT2D eigenvalue weighted by molar-refractivity contribution is 7.80. The topological polar surface area (TPSA) is 53.2 Å². The van der Waals surface area contributed by atoms with Gasteiger partial charge >= 0.3 is 0 Å². The van der Waals surface area contributed by atoms with Crippen LogP contribution in [-0.2, 0) is 0 Å². The van der Waals surface area contributed by atoms with E-state index in [-0.39, 0.29) is 5.91 Å². The first-order valence-electron chi connectivity index (χ1n) is 7.04. The van der Waals surface area contributed by atoms with E-state index in [0.717, 1.165) is 16.7 Å². The van der Waals surface area contributed by atoms with Gasteiger partial charge in [0.2, 0.25) is 0 Å². The summed E-state index contributed by atoms with van der Waals surface area (Å²) in [6, 6.07) is 2.35. The van der Waals surface area contributed by atoms with Crippen LogP contribution in [0.15, 0.2) is 11.4 Å². The molecule has 2 aliphatic carbocycles. The van der Waals surface area contributed by atoms with Gasteiger partial charge < -0.3 is 5.32 Å². The molecular formula is C14H19N3OS2. The number of hydrogen-bond acceptors (Lipinski definition) is 3. The van der Waals surface area contributed by atoms with Gasteiger partial charge in [-0.15, -0.1) is 11.3 Å². The maximum Gasteiger partial charge on any atom is 0.270 e. The Morgan fingerprint density at radius 1 is 1.35 bits per heavy atom. The first-order valence-corrected chi connectivity index (χ1v) is 8.32. The molecule has 0 unspecified atom stereocenters. The Kier molecular flexibility index (Phi) is 3.94. The van der Waals surface area contributed by atoms with Gasteiger partial charge in [-0.25, -0.2) is 0 Å². The molecule has 1 amide bonds. The summed E-state index contributed by atoms with van der Waals surface area (Å²) in [5.74, 6) is 1.49. The largest absolute Gasteiger partial charge is 0.358 e. The number of fused-ring (bicyclic) bond motifs is 2. The number of hydrazine groups is 1. The minimum absolute atomic E-state index is 0.147. The van der Waals surface area contributed by atoms with Gasteiger partial charge in [0.05, 0.1) is 5.56 Å². The Bertz CT molecular complexity index is 528. The Labute approximate surface area is 128 Å². The molecule has 1 aromatic rings. The molecule has 2 aliphatic rings. The van der Waals surface area contributed by atoms with Crippen molar-refractivity contribution in [3.8, 4) is 0 Å². The fraction of sp³-hybridized carbons (Fsp3) is 0.571. The number of thiophene rings is 1. The molecule has 20 heavy (non-hydrogen) atoms. The molecule has 2 fully saturated rings. The first-order chi connectivity index (χ1) is 9.61. The van der Waals surface area contributed by atoms with Crippen LogP contribution in [0.25, 0.3) is 0 Å². The molecule has 3 rings (SSSR count). The van der Waals surface area contributed by atoms with E-state index in [2.05, 4.69) is 16.2 Å². The molecule has 6 heteroatoms. The fourth-order valence-electron chi connectivity index (χ4n) is 3.37. The maximum absolute atomic E-state index is 11.9. The van der Waals surface area contributed by atoms with Gasteiger partial charge in [0.15, 0.2) is 5.11 Å². The summed E-state index contributed by atoms with van der Waals surface area (Å²) in [5.41, 5.74) is 6.12. The monoisotopic (exact) mass is 309 g/mol. The van der Waals surface area contributed by atoms with Crippen molar-refractivity contribution in [2.75, 3.05) is 0 Å². The molecular weight excluding hydrogens is 290 g/mol. The molecule has 0 spiro atoms. The third-order valence-corrected chi connectivity index (χ3v) is 5.42. The van der Waals surface area contributed by atoms with Crippen molar-refractivity contribution < 1.29 is 4.79 Å². The standard InChI is InChI=1S/C14H19N3OS2/c1-8-4-11(7-20-8)13(18)16-17-14(19)15-12-6-9-2-3-10(12)5-9/h4,7,9-10,12H,2-3,5-6H2,1H3,(H,16,18)(H2,15,17,19)/t9-,10-,12-/m0/s1. The van der Waals surface area contributed by atoms with Gasteiger partial charge in [-0.05, 0) is 56.3 Å². The zero-order valence-corrected chi connectivity index (χ0v) is 13.1. The smallest absolute Gasteiger partial charge is 0.270 e. The number of hydrogen-bond donors (Lipinski definition) is 3. The van der Waals surface area contributed by atoms with Crippen molar-refractivity contribution in [1.29, 1.82) is 0 Å². The quantitative estimate of drug-likeness (QED) is 0.580. The van der Waals surface area contributed by atoms with Gasteiger partial charge in [0.25, 0.3) is 5.91 Å². The summed E-state index contributed by atoms with van der Waals surface area (Å²) >= 11 is 6.81. The van der Waals surface area contributed by atoms with E-state index in [1.54, 1.807) is 11.3 Å². The normalized spacial score (nSPS) is 27.4. The summed E-state index contributed by atoms with van der Waals surface area (Å²) < 4.78 is 0. The van der Waals surface area contributed by atoms with Crippen molar-refractivity contribution in [3.05, 3.63) is 21.9 Å². The van der Waals surface area contributed by atoms with Gasteiger partial charge in [-0.1, -0.05) is 6.42 Å². The lowest BCUT2D eigenvalue weighted by atomic mass is 9.96. The highest BCUT2D eigenvalue weighted by Gasteiger charge is 2.39. The average Bonchev–Trinajstić information content (AvgIpc) is 3.12. The summed E-state index contributed by atoms with van der Waals surface area (Å²) in [4.78, 5) is 13.0. The average molecular weight is 309 g/mol. The zero-order valence-electron chi connectivity index (χ0n) is 11.4. The minimum atomic E-state index is -0.147. The second-order valence-electron chi connectivity index (χ2n) is 5.78. The maximum atomic E-state index is 11.9. The predicted molar refractivity (Wildman–Crippen MR) is 84.6 cm³/mol. The molecule has 3 N–H and O–H groups in total. The Morgan fingerprint density at radius 3 is 2.80 bits per heavy atom. The minimum Gasteiger partial charge on any atom is -0.358 e. The molecule has 4 nitrogen and oxygen atoms in total. The van der Waals surface area contributed by atoms with E-state index in [9.17, 15) is 4.79 Å². The summed E-state index contributed by atoms with van der Waals surface area (Å²) in [6.07, 6.45) is 5.23. The van der Waals surface area contributed by atoms with Crippen LogP contribution in [-0.4, -0.2) is 17.1 Å². The van der Waals surface area contributed by atoms with Gasteiger partial charge in [-0.2, -0.15) is 0 Å². The zero-order chi connectivity index (χ0) is 14.1. The number of thiocarbonyl (C=S) groups is 1. The molecule has 108 valence electrons. The molecule has 0 saturated heterocycles. The Hall–Kier alpha value is -1.14. The number of carbonyl (C=O) groups excluding carboxylic acids is 1. The van der Waals surface area contributed by atoms with Crippen LogP contribution in [0, 0.1) is 18.8 Å². The SMILES string of the molecule is Cc1cc(C(=O)NNC(=S)N[C@H]2C[C@H]3CC[C@H]2C3)cs1. The number of aryl methyl sites for hydroxylation is 1. The Balaban J connectivity index is 1.44. The lowest BCUT2D eigenvalue weighted by Crippen LogP contribution is -2.50. The molecule has 0 aromatic carbocycles. The number of rotatable bonds is 2. The molecule has 3 atom stereocenters. The van der Waals surface area contributed by atoms with Crippen molar-refractivity contribution in [3.63, 3.8) is 0 Å². The first kappa shape index (κ1) is 13.8. The van der Waals surface area contributed by atoms with Crippen LogP contribution >= 0.6 is 23.6 Å². The van der Waals surface area contributed by atoms with E-state index < -0.39 is 0 Å². The molecule has 1 aromatic heterocycles.